The van der Waals surface area contributed by atoms with Crippen LogP contribution in [0.1, 0.15) is 131 Å². The second-order valence-corrected chi connectivity index (χ2v) is 11.9. The number of esters is 5. The van der Waals surface area contributed by atoms with Gasteiger partial charge in [0.1, 0.15) is 0 Å². The molecule has 47 heavy (non-hydrogen) atoms. The quantitative estimate of drug-likeness (QED) is 0.0274. The lowest BCUT2D eigenvalue weighted by Crippen LogP contribution is -2.22. The second-order valence-electron chi connectivity index (χ2n) is 10.6. The highest BCUT2D eigenvalue weighted by atomic mass is 79.9. The number of rotatable bonds is 23. The van der Waals surface area contributed by atoms with E-state index < -0.39 is 36.1 Å². The fourth-order valence-electron chi connectivity index (χ4n) is 3.46. The van der Waals surface area contributed by atoms with E-state index >= 15 is 0 Å². The molecule has 0 radical (unpaired) electrons. The highest BCUT2D eigenvalue weighted by Gasteiger charge is 2.18. The standard InChI is InChI=1S/C17H28O6.C13H22O4.C4H7BrO2/c1-5-6-7-8-9-10-11-21-16(19)12-13(2)17(20)23-15(4)22-14(3)18;1-3-4-5-6-7-8-9-17-12(14)10-11(2)13(15)16;1-3(5)7-4(2)6/h15H,2,5-12H2,1,3-4H3;2-10H2,1H3,(H,15,16);3H,1-2H3. The molecular formula is C34H57BrO12. The van der Waals surface area contributed by atoms with Crippen LogP contribution in [0.2, 0.25) is 0 Å². The number of aliphatic carboxylic acids is 1. The summed E-state index contributed by atoms with van der Waals surface area (Å²) in [4.78, 5) is 65.5. The minimum atomic E-state index is -1.15. The number of ether oxygens (including phenoxy) is 5. The van der Waals surface area contributed by atoms with Gasteiger partial charge in [-0.3, -0.25) is 19.2 Å². The lowest BCUT2D eigenvalue weighted by Gasteiger charge is -2.13. The summed E-state index contributed by atoms with van der Waals surface area (Å²) in [5.74, 6) is -3.78. The van der Waals surface area contributed by atoms with Gasteiger partial charge in [0.05, 0.1) is 26.1 Å². The van der Waals surface area contributed by atoms with Crippen molar-refractivity contribution in [3.63, 3.8) is 0 Å². The van der Waals surface area contributed by atoms with Gasteiger partial charge in [-0.25, -0.2) is 9.59 Å². The zero-order chi connectivity index (χ0) is 36.6. The molecule has 13 heteroatoms. The molecule has 0 aliphatic heterocycles. The van der Waals surface area contributed by atoms with Crippen molar-refractivity contribution >= 4 is 51.7 Å². The lowest BCUT2D eigenvalue weighted by atomic mass is 10.1. The van der Waals surface area contributed by atoms with Crippen LogP contribution in [0.15, 0.2) is 24.3 Å². The Bertz CT molecular complexity index is 945. The van der Waals surface area contributed by atoms with Crippen LogP contribution in [0.3, 0.4) is 0 Å². The molecule has 0 aromatic rings. The molecule has 0 bridgehead atoms. The van der Waals surface area contributed by atoms with Crippen LogP contribution in [0, 0.1) is 0 Å². The van der Waals surface area contributed by atoms with Gasteiger partial charge in [-0.1, -0.05) is 91.2 Å². The zero-order valence-corrected chi connectivity index (χ0v) is 30.8. The maximum atomic E-state index is 11.6. The largest absolute Gasteiger partial charge is 0.478 e. The summed E-state index contributed by atoms with van der Waals surface area (Å²) in [6.45, 7) is 17.5. The molecule has 272 valence electrons. The summed E-state index contributed by atoms with van der Waals surface area (Å²) >= 11 is 3.03. The maximum absolute atomic E-state index is 11.6. The van der Waals surface area contributed by atoms with Gasteiger partial charge in [-0.2, -0.15) is 0 Å². The van der Waals surface area contributed by atoms with Crippen LogP contribution >= 0.6 is 15.9 Å². The van der Waals surface area contributed by atoms with Crippen molar-refractivity contribution in [2.24, 2.45) is 0 Å². The van der Waals surface area contributed by atoms with Crippen LogP contribution in [-0.2, 0) is 52.5 Å². The van der Waals surface area contributed by atoms with E-state index in [2.05, 4.69) is 52.4 Å². The van der Waals surface area contributed by atoms with Crippen molar-refractivity contribution in [2.75, 3.05) is 13.2 Å². The normalized spacial score (nSPS) is 11.1. The monoisotopic (exact) mass is 736 g/mol. The Labute approximate surface area is 289 Å². The molecule has 2 atom stereocenters. The highest BCUT2D eigenvalue weighted by molar-refractivity contribution is 9.09. The molecular weight excluding hydrogens is 680 g/mol. The number of hydrogen-bond acceptors (Lipinski definition) is 11. The summed E-state index contributed by atoms with van der Waals surface area (Å²) in [5, 5.41) is 8.35. The first-order valence-corrected chi connectivity index (χ1v) is 17.1. The third-order valence-corrected chi connectivity index (χ3v) is 5.95. The van der Waals surface area contributed by atoms with Crippen molar-refractivity contribution in [3.8, 4) is 0 Å². The Morgan fingerprint density at radius 2 is 1.00 bits per heavy atom. The van der Waals surface area contributed by atoms with Crippen molar-refractivity contribution in [1.82, 2.24) is 0 Å². The SMILES string of the molecule is C=C(CC(=O)OCCCCCCCC)C(=O)O.C=C(CC(=O)OCCCCCCCC)C(=O)OC(C)OC(C)=O.CC(=O)OC(C)Br. The number of alkyl halides is 1. The number of halogens is 1. The third kappa shape index (κ3) is 38.9. The van der Waals surface area contributed by atoms with E-state index in [9.17, 15) is 28.8 Å². The first-order chi connectivity index (χ1) is 22.1. The predicted octanol–water partition coefficient (Wildman–Crippen LogP) is 7.50. The molecule has 0 heterocycles. The van der Waals surface area contributed by atoms with E-state index in [1.165, 1.54) is 59.3 Å². The highest BCUT2D eigenvalue weighted by Crippen LogP contribution is 2.09. The van der Waals surface area contributed by atoms with E-state index in [0.29, 0.717) is 13.2 Å². The van der Waals surface area contributed by atoms with Gasteiger partial charge in [0.25, 0.3) is 0 Å². The molecule has 0 aliphatic carbocycles. The molecule has 0 amide bonds. The Hall–Kier alpha value is -3.22. The van der Waals surface area contributed by atoms with Gasteiger partial charge >= 0.3 is 35.8 Å². The van der Waals surface area contributed by atoms with Gasteiger partial charge in [-0.15, -0.1) is 0 Å². The van der Waals surface area contributed by atoms with Crippen LogP contribution in [0.4, 0.5) is 0 Å². The smallest absolute Gasteiger partial charge is 0.337 e. The minimum absolute atomic E-state index is 0.0306. The molecule has 0 rings (SSSR count). The van der Waals surface area contributed by atoms with E-state index in [0.717, 1.165) is 38.5 Å². The molecule has 0 saturated carbocycles. The molecule has 0 aliphatic rings. The Morgan fingerprint density at radius 3 is 1.34 bits per heavy atom. The van der Waals surface area contributed by atoms with E-state index in [1.807, 2.05) is 0 Å². The molecule has 0 aromatic carbocycles. The number of carbonyl (C=O) groups is 6. The van der Waals surface area contributed by atoms with Gasteiger partial charge in [0.15, 0.2) is 5.01 Å². The van der Waals surface area contributed by atoms with Crippen molar-refractivity contribution in [3.05, 3.63) is 24.3 Å². The summed E-state index contributed by atoms with van der Waals surface area (Å²) in [5.41, 5.74) is -0.158. The van der Waals surface area contributed by atoms with Crippen LogP contribution in [-0.4, -0.2) is 65.4 Å². The fraction of sp³-hybridized carbons (Fsp3) is 0.706. The maximum Gasteiger partial charge on any atom is 0.337 e. The van der Waals surface area contributed by atoms with E-state index in [-0.39, 0.29) is 35.0 Å². The molecule has 1 N–H and O–H groups in total. The average Bonchev–Trinajstić information content (AvgIpc) is 2.95. The van der Waals surface area contributed by atoms with Crippen molar-refractivity contribution < 1.29 is 57.6 Å². The van der Waals surface area contributed by atoms with Crippen LogP contribution in [0.5, 0.6) is 0 Å². The number of carbonyl (C=O) groups excluding carboxylic acids is 5. The molecule has 12 nitrogen and oxygen atoms in total. The lowest BCUT2D eigenvalue weighted by molar-refractivity contribution is -0.180. The Morgan fingerprint density at radius 1 is 0.617 bits per heavy atom. The van der Waals surface area contributed by atoms with Crippen molar-refractivity contribution in [2.45, 2.75) is 143 Å². The predicted molar refractivity (Wildman–Crippen MR) is 181 cm³/mol. The first-order valence-electron chi connectivity index (χ1n) is 16.2. The first kappa shape index (κ1) is 48.2. The van der Waals surface area contributed by atoms with E-state index in [1.54, 1.807) is 6.92 Å². The van der Waals surface area contributed by atoms with Gasteiger partial charge in [-0.05, 0) is 35.7 Å². The number of hydrogen-bond donors (Lipinski definition) is 1. The zero-order valence-electron chi connectivity index (χ0n) is 29.2. The van der Waals surface area contributed by atoms with E-state index in [4.69, 9.17) is 19.3 Å². The molecule has 0 aromatic heterocycles. The van der Waals surface area contributed by atoms with Gasteiger partial charge in [0.2, 0.25) is 6.29 Å². The fourth-order valence-corrected chi connectivity index (χ4v) is 3.72. The summed E-state index contributed by atoms with van der Waals surface area (Å²) in [6, 6.07) is 0. The second kappa shape index (κ2) is 32.7. The average molecular weight is 738 g/mol. The van der Waals surface area contributed by atoms with Gasteiger partial charge < -0.3 is 28.8 Å². The molecule has 0 fully saturated rings. The number of carboxylic acid groups (broad SMARTS) is 1. The van der Waals surface area contributed by atoms with Gasteiger partial charge in [0, 0.05) is 31.9 Å². The van der Waals surface area contributed by atoms with Crippen LogP contribution < -0.4 is 0 Å². The molecule has 0 saturated heterocycles. The van der Waals surface area contributed by atoms with Crippen molar-refractivity contribution in [1.29, 1.82) is 0 Å². The Balaban J connectivity index is -0.000000704. The number of carboxylic acids is 1. The molecule has 0 spiro atoms. The molecule has 2 unspecified atom stereocenters. The minimum Gasteiger partial charge on any atom is -0.478 e. The summed E-state index contributed by atoms with van der Waals surface area (Å²) in [6.07, 6.45) is 11.9. The number of unbranched alkanes of at least 4 members (excludes halogenated alkanes) is 10. The topological polar surface area (TPSA) is 169 Å². The third-order valence-electron chi connectivity index (χ3n) is 5.76. The summed E-state index contributed by atoms with van der Waals surface area (Å²) in [7, 11) is 0. The Kier molecular flexibility index (Phi) is 33.5. The summed E-state index contributed by atoms with van der Waals surface area (Å²) < 4.78 is 24.0. The van der Waals surface area contributed by atoms with Crippen LogP contribution in [0.25, 0.3) is 0 Å².